The highest BCUT2D eigenvalue weighted by atomic mass is 79.9. The standard InChI is InChI=1S/C28H30N4O.BrH/c1-20-8-12-22(13-9-20)18-26(27(33)30-16-5-17-30)32-25-7-4-3-6-24(25)31(28(32)29)19-23-14-10-21(2)11-15-23;/h3-4,6-15,26,29H,5,16-19H2,1-2H3;1H. The second kappa shape index (κ2) is 10.0. The van der Waals surface area contributed by atoms with Gasteiger partial charge in [0.1, 0.15) is 6.04 Å². The molecular weight excluding hydrogens is 488 g/mol. The Morgan fingerprint density at radius 3 is 1.97 bits per heavy atom. The van der Waals surface area contributed by atoms with Gasteiger partial charge in [-0.15, -0.1) is 17.0 Å². The van der Waals surface area contributed by atoms with Crippen LogP contribution in [0.3, 0.4) is 0 Å². The fourth-order valence-corrected chi connectivity index (χ4v) is 4.59. The summed E-state index contributed by atoms with van der Waals surface area (Å²) in [6, 6.07) is 24.5. The van der Waals surface area contributed by atoms with Gasteiger partial charge < -0.3 is 9.47 Å². The van der Waals surface area contributed by atoms with E-state index >= 15 is 0 Å². The molecule has 1 saturated heterocycles. The molecule has 3 aromatic carbocycles. The number of nitrogens with one attached hydrogen (secondary N) is 1. The smallest absolute Gasteiger partial charge is 0.246 e. The van der Waals surface area contributed by atoms with Crippen molar-refractivity contribution in [2.75, 3.05) is 13.1 Å². The third-order valence-electron chi connectivity index (χ3n) is 6.69. The van der Waals surface area contributed by atoms with Gasteiger partial charge >= 0.3 is 0 Å². The Morgan fingerprint density at radius 1 is 0.853 bits per heavy atom. The molecule has 1 atom stereocenters. The Labute approximate surface area is 210 Å². The SMILES string of the molecule is Br.Cc1ccc(CC(C(=O)N2CCC2)n2c(=N)n(Cc3ccc(C)cc3)c3ccccc32)cc1. The van der Waals surface area contributed by atoms with Crippen molar-refractivity contribution in [1.82, 2.24) is 14.0 Å². The number of imidazole rings is 1. The van der Waals surface area contributed by atoms with E-state index in [1.54, 1.807) is 0 Å². The third kappa shape index (κ3) is 4.60. The number of fused-ring (bicyclic) bond motifs is 1. The van der Waals surface area contributed by atoms with E-state index in [2.05, 4.69) is 68.4 Å². The molecule has 1 unspecified atom stereocenters. The van der Waals surface area contributed by atoms with Crippen molar-refractivity contribution in [2.45, 2.75) is 39.3 Å². The van der Waals surface area contributed by atoms with Gasteiger partial charge in [0.15, 0.2) is 0 Å². The van der Waals surface area contributed by atoms with Crippen LogP contribution in [0.5, 0.6) is 0 Å². The summed E-state index contributed by atoms with van der Waals surface area (Å²) in [4.78, 5) is 15.5. The second-order valence-electron chi connectivity index (χ2n) is 9.14. The van der Waals surface area contributed by atoms with Crippen LogP contribution < -0.4 is 5.62 Å². The summed E-state index contributed by atoms with van der Waals surface area (Å²) in [7, 11) is 0. The molecule has 6 heteroatoms. The fraction of sp³-hybridized carbons (Fsp3) is 0.286. The molecule has 5 nitrogen and oxygen atoms in total. The van der Waals surface area contributed by atoms with Crippen LogP contribution in [-0.4, -0.2) is 33.0 Å². The van der Waals surface area contributed by atoms with Crippen molar-refractivity contribution in [2.24, 2.45) is 0 Å². The lowest BCUT2D eigenvalue weighted by molar-refractivity contribution is -0.138. The van der Waals surface area contributed by atoms with Gasteiger partial charge in [0.25, 0.3) is 0 Å². The summed E-state index contributed by atoms with van der Waals surface area (Å²) in [5.74, 6) is 0.110. The van der Waals surface area contributed by atoms with Crippen molar-refractivity contribution in [3.05, 3.63) is 101 Å². The average Bonchev–Trinajstić information content (AvgIpc) is 3.05. The number of hydrogen-bond donors (Lipinski definition) is 1. The van der Waals surface area contributed by atoms with Crippen LogP contribution in [0, 0.1) is 19.3 Å². The maximum atomic E-state index is 13.6. The summed E-state index contributed by atoms with van der Waals surface area (Å²) in [6.07, 6.45) is 1.63. The molecule has 1 aliphatic heterocycles. The first-order valence-corrected chi connectivity index (χ1v) is 11.7. The van der Waals surface area contributed by atoms with Crippen LogP contribution in [0.4, 0.5) is 0 Å². The lowest BCUT2D eigenvalue weighted by atomic mass is 10.0. The molecule has 1 fully saturated rings. The Bertz CT molecular complexity index is 1350. The first-order chi connectivity index (χ1) is 16.0. The molecule has 34 heavy (non-hydrogen) atoms. The number of hydrogen-bond acceptors (Lipinski definition) is 2. The molecule has 1 aliphatic rings. The quantitative estimate of drug-likeness (QED) is 0.375. The first kappa shape index (κ1) is 24.0. The number of rotatable bonds is 6. The summed E-state index contributed by atoms with van der Waals surface area (Å²) in [5, 5.41) is 9.16. The zero-order valence-corrected chi connectivity index (χ0v) is 21.4. The number of likely N-dealkylation sites (tertiary alicyclic amines) is 1. The van der Waals surface area contributed by atoms with Crippen LogP contribution >= 0.6 is 17.0 Å². The maximum absolute atomic E-state index is 13.6. The number of aryl methyl sites for hydroxylation is 2. The fourth-order valence-electron chi connectivity index (χ4n) is 4.59. The van der Waals surface area contributed by atoms with Crippen molar-refractivity contribution < 1.29 is 4.79 Å². The summed E-state index contributed by atoms with van der Waals surface area (Å²) < 4.78 is 3.97. The number of para-hydroxylation sites is 2. The minimum atomic E-state index is -0.440. The number of benzene rings is 3. The molecule has 5 rings (SSSR count). The van der Waals surface area contributed by atoms with Gasteiger partial charge in [-0.2, -0.15) is 0 Å². The van der Waals surface area contributed by atoms with E-state index in [-0.39, 0.29) is 22.9 Å². The number of halogens is 1. The van der Waals surface area contributed by atoms with Crippen molar-refractivity contribution in [1.29, 1.82) is 5.41 Å². The Morgan fingerprint density at radius 2 is 1.41 bits per heavy atom. The molecule has 1 aromatic heterocycles. The van der Waals surface area contributed by atoms with Crippen LogP contribution in [0.2, 0.25) is 0 Å². The molecular formula is C28H31BrN4O. The number of amides is 1. The van der Waals surface area contributed by atoms with Gasteiger partial charge in [0, 0.05) is 19.5 Å². The Kier molecular flexibility index (Phi) is 7.08. The molecule has 0 radical (unpaired) electrons. The molecule has 1 N–H and O–H groups in total. The van der Waals surface area contributed by atoms with E-state index in [9.17, 15) is 4.79 Å². The number of aromatic nitrogens is 2. The highest BCUT2D eigenvalue weighted by Gasteiger charge is 2.31. The summed E-state index contributed by atoms with van der Waals surface area (Å²) in [6.45, 7) is 6.36. The monoisotopic (exact) mass is 518 g/mol. The largest absolute Gasteiger partial charge is 0.341 e. The van der Waals surface area contributed by atoms with E-state index in [0.29, 0.717) is 18.6 Å². The van der Waals surface area contributed by atoms with Gasteiger partial charge in [-0.25, -0.2) is 0 Å². The van der Waals surface area contributed by atoms with E-state index in [1.165, 1.54) is 11.1 Å². The van der Waals surface area contributed by atoms with Gasteiger partial charge in [0.05, 0.1) is 17.6 Å². The van der Waals surface area contributed by atoms with Crippen molar-refractivity contribution in [3.63, 3.8) is 0 Å². The van der Waals surface area contributed by atoms with E-state index in [4.69, 9.17) is 5.41 Å². The topological polar surface area (TPSA) is 54.0 Å². The molecule has 0 aliphatic carbocycles. The zero-order valence-electron chi connectivity index (χ0n) is 19.7. The van der Waals surface area contributed by atoms with Crippen LogP contribution in [0.15, 0.2) is 72.8 Å². The van der Waals surface area contributed by atoms with Gasteiger partial charge in [-0.1, -0.05) is 71.8 Å². The Hall–Kier alpha value is -3.12. The molecule has 4 aromatic rings. The minimum absolute atomic E-state index is 0. The summed E-state index contributed by atoms with van der Waals surface area (Å²) in [5.41, 5.74) is 6.95. The van der Waals surface area contributed by atoms with Gasteiger partial charge in [0.2, 0.25) is 11.5 Å². The predicted octanol–water partition coefficient (Wildman–Crippen LogP) is 5.18. The van der Waals surface area contributed by atoms with Gasteiger partial charge in [-0.05, 0) is 43.5 Å². The number of carbonyl (C=O) groups excluding carboxylic acids is 1. The minimum Gasteiger partial charge on any atom is -0.341 e. The van der Waals surface area contributed by atoms with E-state index in [0.717, 1.165) is 41.7 Å². The van der Waals surface area contributed by atoms with Gasteiger partial charge in [-0.3, -0.25) is 14.8 Å². The first-order valence-electron chi connectivity index (χ1n) is 11.7. The molecule has 1 amide bonds. The summed E-state index contributed by atoms with van der Waals surface area (Å²) >= 11 is 0. The highest BCUT2D eigenvalue weighted by Crippen LogP contribution is 2.25. The zero-order chi connectivity index (χ0) is 22.9. The lowest BCUT2D eigenvalue weighted by Gasteiger charge is -2.34. The average molecular weight is 519 g/mol. The van der Waals surface area contributed by atoms with Crippen molar-refractivity contribution >= 4 is 33.9 Å². The molecule has 2 heterocycles. The molecule has 0 saturated carbocycles. The van der Waals surface area contributed by atoms with Crippen LogP contribution in [-0.2, 0) is 17.8 Å². The molecule has 0 bridgehead atoms. The highest BCUT2D eigenvalue weighted by molar-refractivity contribution is 8.93. The van der Waals surface area contributed by atoms with Crippen LogP contribution in [0.25, 0.3) is 11.0 Å². The normalized spacial score (nSPS) is 13.9. The predicted molar refractivity (Wildman–Crippen MR) is 142 cm³/mol. The third-order valence-corrected chi connectivity index (χ3v) is 6.69. The van der Waals surface area contributed by atoms with Crippen molar-refractivity contribution in [3.8, 4) is 0 Å². The van der Waals surface area contributed by atoms with Crippen LogP contribution in [0.1, 0.15) is 34.7 Å². The van der Waals surface area contributed by atoms with E-state index in [1.807, 2.05) is 32.2 Å². The Balaban J connectivity index is 0.00000274. The lowest BCUT2D eigenvalue weighted by Crippen LogP contribution is -2.47. The molecule has 176 valence electrons. The van der Waals surface area contributed by atoms with E-state index < -0.39 is 6.04 Å². The molecule has 0 spiro atoms. The second-order valence-corrected chi connectivity index (χ2v) is 9.14. The number of carbonyl (C=O) groups is 1. The number of nitrogens with zero attached hydrogens (tertiary/aromatic N) is 3. The maximum Gasteiger partial charge on any atom is 0.246 e.